The molecule has 10 heteroatoms. The summed E-state index contributed by atoms with van der Waals surface area (Å²) < 4.78 is 48.5. The zero-order valence-electron chi connectivity index (χ0n) is 16.6. The van der Waals surface area contributed by atoms with Crippen LogP contribution in [0.1, 0.15) is 18.4 Å². The largest absolute Gasteiger partial charge is 0.453 e. The second-order valence-electron chi connectivity index (χ2n) is 7.07. The fourth-order valence-corrected chi connectivity index (χ4v) is 3.09. The van der Waals surface area contributed by atoms with Gasteiger partial charge in [-0.05, 0) is 44.5 Å². The molecule has 1 amide bonds. The number of rotatable bonds is 6. The number of nitrogens with two attached hydrogens (primary N) is 3. The molecule has 0 radical (unpaired) electrons. The van der Waals surface area contributed by atoms with Crippen molar-refractivity contribution in [3.05, 3.63) is 57.5 Å². The van der Waals surface area contributed by atoms with Crippen LogP contribution in [0.5, 0.6) is 0 Å². The molecule has 0 aliphatic carbocycles. The van der Waals surface area contributed by atoms with Gasteiger partial charge in [0.25, 0.3) is 0 Å². The quantitative estimate of drug-likeness (QED) is 0.440. The number of carbonyl (C=O) groups is 1. The number of benzene rings is 2. The highest BCUT2D eigenvalue weighted by atomic mass is 19.1. The lowest BCUT2D eigenvalue weighted by atomic mass is 10.1. The maximum Gasteiger partial charge on any atom is 0.241 e. The molecule has 7 N–H and O–H groups in total. The molecule has 7 nitrogen and oxygen atoms in total. The second kappa shape index (κ2) is 8.78. The number of hydrogen-bond acceptors (Lipinski definition) is 6. The Hall–Kier alpha value is -3.37. The molecule has 1 heterocycles. The number of amides is 1. The van der Waals surface area contributed by atoms with Crippen molar-refractivity contribution in [1.82, 2.24) is 0 Å². The Morgan fingerprint density at radius 1 is 1.19 bits per heavy atom. The van der Waals surface area contributed by atoms with Gasteiger partial charge in [0.15, 0.2) is 22.6 Å². The summed E-state index contributed by atoms with van der Waals surface area (Å²) in [7, 11) is 0. The first-order valence-electron chi connectivity index (χ1n) is 9.43. The molecule has 0 saturated carbocycles. The molecule has 1 aromatic heterocycles. The summed E-state index contributed by atoms with van der Waals surface area (Å²) in [6, 6.07) is 3.73. The van der Waals surface area contributed by atoms with Gasteiger partial charge in [0.05, 0.1) is 22.8 Å². The molecule has 0 aliphatic rings. The van der Waals surface area contributed by atoms with Crippen LogP contribution < -0.4 is 27.9 Å². The Bertz CT molecular complexity index is 1230. The van der Waals surface area contributed by atoms with Crippen molar-refractivity contribution in [1.29, 1.82) is 0 Å². The molecule has 3 aromatic rings. The number of carbonyl (C=O) groups excluding carboxylic acids is 1. The number of nitrogens with one attached hydrogen (secondary N) is 1. The molecule has 0 fully saturated rings. The van der Waals surface area contributed by atoms with Crippen molar-refractivity contribution < 1.29 is 22.4 Å². The van der Waals surface area contributed by atoms with Crippen LogP contribution in [0, 0.1) is 24.4 Å². The highest BCUT2D eigenvalue weighted by molar-refractivity contribution is 5.95. The van der Waals surface area contributed by atoms with Gasteiger partial charge in [-0.25, -0.2) is 13.2 Å². The smallest absolute Gasteiger partial charge is 0.241 e. The summed E-state index contributed by atoms with van der Waals surface area (Å²) in [6.07, 6.45) is 0.889. The van der Waals surface area contributed by atoms with Gasteiger partial charge in [0, 0.05) is 17.2 Å². The van der Waals surface area contributed by atoms with Crippen molar-refractivity contribution in [3.8, 4) is 11.3 Å². The van der Waals surface area contributed by atoms with E-state index in [0.717, 1.165) is 19.1 Å². The average Bonchev–Trinajstić information content (AvgIpc) is 2.75. The Balaban J connectivity index is 1.98. The van der Waals surface area contributed by atoms with Crippen LogP contribution in [-0.2, 0) is 4.79 Å². The van der Waals surface area contributed by atoms with Gasteiger partial charge in [-0.15, -0.1) is 0 Å². The van der Waals surface area contributed by atoms with Crippen molar-refractivity contribution >= 4 is 28.3 Å². The predicted octanol–water partition coefficient (Wildman–Crippen LogP) is 2.77. The highest BCUT2D eigenvalue weighted by Gasteiger charge is 2.21. The number of halogens is 3. The molecular weight excluding hydrogens is 413 g/mol. The maximum atomic E-state index is 14.5. The molecule has 0 unspecified atom stereocenters. The summed E-state index contributed by atoms with van der Waals surface area (Å²) in [4.78, 5) is 24.5. The van der Waals surface area contributed by atoms with Gasteiger partial charge in [-0.3, -0.25) is 9.59 Å². The van der Waals surface area contributed by atoms with Gasteiger partial charge in [0.2, 0.25) is 5.91 Å². The van der Waals surface area contributed by atoms with E-state index in [4.69, 9.17) is 21.6 Å². The molecule has 0 spiro atoms. The van der Waals surface area contributed by atoms with Gasteiger partial charge >= 0.3 is 0 Å². The highest BCUT2D eigenvalue weighted by Crippen LogP contribution is 2.32. The number of nitrogen functional groups attached to an aromatic ring is 1. The number of hydrogen-bond donors (Lipinski definition) is 4. The number of anilines is 2. The van der Waals surface area contributed by atoms with Crippen LogP contribution in [0.15, 0.2) is 33.5 Å². The molecule has 0 bridgehead atoms. The molecule has 0 aliphatic heterocycles. The lowest BCUT2D eigenvalue weighted by molar-refractivity contribution is -0.117. The summed E-state index contributed by atoms with van der Waals surface area (Å²) in [5, 5.41) is 1.95. The lowest BCUT2D eigenvalue weighted by Gasteiger charge is -2.13. The van der Waals surface area contributed by atoms with Gasteiger partial charge in [-0.2, -0.15) is 0 Å². The van der Waals surface area contributed by atoms with E-state index in [1.807, 2.05) is 0 Å². The van der Waals surface area contributed by atoms with Crippen molar-refractivity contribution in [2.75, 3.05) is 17.6 Å². The molecule has 1 atom stereocenters. The first-order valence-corrected chi connectivity index (χ1v) is 9.43. The first-order chi connectivity index (χ1) is 14.6. The third kappa shape index (κ3) is 4.25. The summed E-state index contributed by atoms with van der Waals surface area (Å²) in [5.74, 6) is -3.67. The van der Waals surface area contributed by atoms with E-state index < -0.39 is 57.0 Å². The standard InChI is InChI=1S/C21H21F3N4O3/c1-9-17(23)19(27)16-14(29)8-15(31-20(16)18(9)24)10-4-5-13(11(22)7-10)28-21(30)12(26)3-2-6-25/h4-5,7-8,12H,2-3,6,25-27H2,1H3,(H,28,30)/t12-/m0/s1. The zero-order chi connectivity index (χ0) is 22.9. The zero-order valence-corrected chi connectivity index (χ0v) is 16.6. The van der Waals surface area contributed by atoms with Crippen molar-refractivity contribution in [2.24, 2.45) is 11.5 Å². The fraction of sp³-hybridized carbons (Fsp3) is 0.238. The Kier molecular flexibility index (Phi) is 6.32. The van der Waals surface area contributed by atoms with Crippen LogP contribution in [0.2, 0.25) is 0 Å². The Morgan fingerprint density at radius 3 is 2.55 bits per heavy atom. The van der Waals surface area contributed by atoms with Gasteiger partial charge in [-0.1, -0.05) is 0 Å². The predicted molar refractivity (Wildman–Crippen MR) is 112 cm³/mol. The Labute approximate surface area is 175 Å². The van der Waals surface area contributed by atoms with E-state index >= 15 is 0 Å². The minimum atomic E-state index is -1.07. The maximum absolute atomic E-state index is 14.5. The van der Waals surface area contributed by atoms with Crippen molar-refractivity contribution in [3.63, 3.8) is 0 Å². The molecule has 2 aromatic carbocycles. The minimum Gasteiger partial charge on any atom is -0.453 e. The number of fused-ring (bicyclic) bond motifs is 1. The molecule has 31 heavy (non-hydrogen) atoms. The van der Waals surface area contributed by atoms with Gasteiger partial charge < -0.3 is 26.9 Å². The topological polar surface area (TPSA) is 137 Å². The Morgan fingerprint density at radius 2 is 1.90 bits per heavy atom. The van der Waals surface area contributed by atoms with E-state index in [1.165, 1.54) is 12.1 Å². The average molecular weight is 434 g/mol. The van der Waals surface area contributed by atoms with Crippen LogP contribution in [0.4, 0.5) is 24.5 Å². The van der Waals surface area contributed by atoms with Crippen LogP contribution >= 0.6 is 0 Å². The summed E-state index contributed by atoms with van der Waals surface area (Å²) >= 11 is 0. The minimum absolute atomic E-state index is 0.0990. The molecule has 3 rings (SSSR count). The molecule has 0 saturated heterocycles. The van der Waals surface area contributed by atoms with E-state index in [2.05, 4.69) is 5.32 Å². The summed E-state index contributed by atoms with van der Waals surface area (Å²) in [6.45, 7) is 1.53. The van der Waals surface area contributed by atoms with Crippen LogP contribution in [-0.4, -0.2) is 18.5 Å². The molecular formula is C21H21F3N4O3. The van der Waals surface area contributed by atoms with E-state index in [0.29, 0.717) is 19.4 Å². The van der Waals surface area contributed by atoms with Crippen LogP contribution in [0.3, 0.4) is 0 Å². The normalized spacial score (nSPS) is 12.2. The lowest BCUT2D eigenvalue weighted by Crippen LogP contribution is -2.36. The van der Waals surface area contributed by atoms with Gasteiger partial charge in [0.1, 0.15) is 11.6 Å². The monoisotopic (exact) mass is 434 g/mol. The SMILES string of the molecule is Cc1c(F)c(N)c2c(=O)cc(-c3ccc(NC(=O)[C@@H](N)CCCN)c(F)c3)oc2c1F. The fourth-order valence-electron chi connectivity index (χ4n) is 3.09. The first kappa shape index (κ1) is 22.3. The van der Waals surface area contributed by atoms with E-state index in [1.54, 1.807) is 0 Å². The third-order valence-corrected chi connectivity index (χ3v) is 4.88. The van der Waals surface area contributed by atoms with E-state index in [-0.39, 0.29) is 17.0 Å². The second-order valence-corrected chi connectivity index (χ2v) is 7.07. The van der Waals surface area contributed by atoms with E-state index in [9.17, 15) is 22.8 Å². The summed E-state index contributed by atoms with van der Waals surface area (Å²) in [5.41, 5.74) is 14.4. The van der Waals surface area contributed by atoms with Crippen molar-refractivity contribution in [2.45, 2.75) is 25.8 Å². The molecule has 164 valence electrons. The third-order valence-electron chi connectivity index (χ3n) is 4.88. The van der Waals surface area contributed by atoms with Crippen LogP contribution in [0.25, 0.3) is 22.3 Å².